The lowest BCUT2D eigenvalue weighted by Crippen LogP contribution is -2.50. The molecule has 0 unspecified atom stereocenters. The largest absolute Gasteiger partial charge is 0.317 e. The quantitative estimate of drug-likeness (QED) is 0.491. The summed E-state index contributed by atoms with van der Waals surface area (Å²) in [6.07, 6.45) is 6.76. The lowest BCUT2D eigenvalue weighted by Gasteiger charge is -2.36. The minimum Gasteiger partial charge on any atom is -0.317 e. The number of nitrogens with one attached hydrogen (secondary N) is 2. The van der Waals surface area contributed by atoms with E-state index in [9.17, 15) is 13.2 Å². The first-order valence-corrected chi connectivity index (χ1v) is 12.0. The predicted octanol–water partition coefficient (Wildman–Crippen LogP) is 2.90. The van der Waals surface area contributed by atoms with Crippen LogP contribution in [-0.4, -0.2) is 42.6 Å². The molecule has 0 aromatic heterocycles. The van der Waals surface area contributed by atoms with Crippen LogP contribution in [0, 0.1) is 0 Å². The van der Waals surface area contributed by atoms with Gasteiger partial charge in [0.1, 0.15) is 0 Å². The Morgan fingerprint density at radius 2 is 1.78 bits per heavy atom. The molecular weight excluding hydrogens is 384 g/mol. The van der Waals surface area contributed by atoms with Crippen LogP contribution in [0.2, 0.25) is 0 Å². The third-order valence-corrected chi connectivity index (χ3v) is 9.62. The maximum absolute atomic E-state index is 13.4. The summed E-state index contributed by atoms with van der Waals surface area (Å²) >= 11 is 1.83. The van der Waals surface area contributed by atoms with Gasteiger partial charge in [0.05, 0.1) is 9.64 Å². The molecule has 1 aliphatic carbocycles. The van der Waals surface area contributed by atoms with Gasteiger partial charge in [-0.05, 0) is 63.0 Å². The first-order chi connectivity index (χ1) is 13.0. The first kappa shape index (κ1) is 20.6. The van der Waals surface area contributed by atoms with Crippen molar-refractivity contribution in [3.8, 4) is 0 Å². The molecule has 1 aromatic rings. The number of rotatable bonds is 6. The number of carbonyl (C=O) groups excluding carboxylic acids is 1. The lowest BCUT2D eigenvalue weighted by molar-refractivity contribution is -0.130. The van der Waals surface area contributed by atoms with E-state index in [1.165, 1.54) is 32.1 Å². The third kappa shape index (κ3) is 4.67. The molecule has 0 atom stereocenters. The number of hydrogen-bond acceptors (Lipinski definition) is 6. The molecule has 1 saturated carbocycles. The van der Waals surface area contributed by atoms with Crippen molar-refractivity contribution in [3.63, 3.8) is 0 Å². The third-order valence-electron chi connectivity index (χ3n) is 5.68. The van der Waals surface area contributed by atoms with Gasteiger partial charge in [-0.3, -0.25) is 10.0 Å². The van der Waals surface area contributed by atoms with Crippen LogP contribution in [0.5, 0.6) is 0 Å². The molecule has 0 spiro atoms. The van der Waals surface area contributed by atoms with Gasteiger partial charge in [0.25, 0.3) is 0 Å². The molecule has 8 heteroatoms. The number of amides is 1. The molecule has 1 aromatic carbocycles. The van der Waals surface area contributed by atoms with E-state index in [1.807, 2.05) is 23.9 Å². The van der Waals surface area contributed by atoms with E-state index in [4.69, 9.17) is 5.21 Å². The second kappa shape index (κ2) is 8.94. The first-order valence-electron chi connectivity index (χ1n) is 9.62. The van der Waals surface area contributed by atoms with Gasteiger partial charge in [0.2, 0.25) is 5.91 Å². The van der Waals surface area contributed by atoms with Gasteiger partial charge in [0, 0.05) is 16.6 Å². The Labute approximate surface area is 165 Å². The average molecular weight is 413 g/mol. The van der Waals surface area contributed by atoms with Crippen LogP contribution in [-0.2, 0) is 14.6 Å². The van der Waals surface area contributed by atoms with Crippen LogP contribution in [0.25, 0.3) is 0 Å². The summed E-state index contributed by atoms with van der Waals surface area (Å²) in [4.78, 5) is 13.1. The maximum atomic E-state index is 13.4. The van der Waals surface area contributed by atoms with Crippen LogP contribution in [0.3, 0.4) is 0 Å². The Bertz CT molecular complexity index is 737. The highest BCUT2D eigenvalue weighted by atomic mass is 32.2. The van der Waals surface area contributed by atoms with Crippen molar-refractivity contribution < 1.29 is 18.4 Å². The fourth-order valence-electron chi connectivity index (χ4n) is 4.08. The number of piperidine rings is 1. The fraction of sp³-hybridized carbons (Fsp3) is 0.632. The van der Waals surface area contributed by atoms with E-state index in [1.54, 1.807) is 17.6 Å². The van der Waals surface area contributed by atoms with Crippen LogP contribution >= 0.6 is 11.8 Å². The summed E-state index contributed by atoms with van der Waals surface area (Å²) in [6, 6.07) is 7.10. The highest BCUT2D eigenvalue weighted by Crippen LogP contribution is 2.38. The predicted molar refractivity (Wildman–Crippen MR) is 106 cm³/mol. The van der Waals surface area contributed by atoms with Gasteiger partial charge in [0.15, 0.2) is 9.84 Å². The topological polar surface area (TPSA) is 95.5 Å². The van der Waals surface area contributed by atoms with E-state index in [0.717, 1.165) is 4.90 Å². The molecule has 3 N–H and O–H groups in total. The number of thioether (sulfide) groups is 1. The molecule has 1 amide bonds. The molecule has 2 aliphatic rings. The molecule has 0 radical (unpaired) electrons. The fourth-order valence-corrected chi connectivity index (χ4v) is 7.38. The average Bonchev–Trinajstić information content (AvgIpc) is 2.69. The number of hydrogen-bond donors (Lipinski definition) is 3. The second-order valence-corrected chi connectivity index (χ2v) is 11.2. The van der Waals surface area contributed by atoms with Crippen LogP contribution in [0.15, 0.2) is 34.1 Å². The van der Waals surface area contributed by atoms with Gasteiger partial charge < -0.3 is 5.32 Å². The standard InChI is InChI=1S/C19H28N2O4S2/c22-18(21-23)14-19(10-12-20-13-11-19)27(24,25)17-8-6-16(7-9-17)26-15-4-2-1-3-5-15/h6-9,15,20,23H,1-5,10-14H2,(H,21,22). The SMILES string of the molecule is O=C(CC1(S(=O)(=O)c2ccc(SC3CCCCC3)cc2)CCNCC1)NO. The summed E-state index contributed by atoms with van der Waals surface area (Å²) < 4.78 is 25.6. The number of carbonyl (C=O) groups is 1. The van der Waals surface area contributed by atoms with Gasteiger partial charge in [-0.2, -0.15) is 0 Å². The number of sulfone groups is 1. The zero-order valence-corrected chi connectivity index (χ0v) is 17.1. The monoisotopic (exact) mass is 412 g/mol. The Morgan fingerprint density at radius 1 is 1.15 bits per heavy atom. The van der Waals surface area contributed by atoms with E-state index in [2.05, 4.69) is 5.32 Å². The second-order valence-electron chi connectivity index (χ2n) is 7.50. The van der Waals surface area contributed by atoms with Crippen molar-refractivity contribution in [2.24, 2.45) is 0 Å². The number of hydroxylamine groups is 1. The Morgan fingerprint density at radius 3 is 2.37 bits per heavy atom. The van der Waals surface area contributed by atoms with Crippen LogP contribution in [0.4, 0.5) is 0 Å². The molecule has 6 nitrogen and oxygen atoms in total. The summed E-state index contributed by atoms with van der Waals surface area (Å²) in [6.45, 7) is 1.07. The zero-order valence-electron chi connectivity index (χ0n) is 15.4. The summed E-state index contributed by atoms with van der Waals surface area (Å²) in [7, 11) is -3.70. The van der Waals surface area contributed by atoms with Crippen molar-refractivity contribution in [3.05, 3.63) is 24.3 Å². The summed E-state index contributed by atoms with van der Waals surface area (Å²) in [5, 5.41) is 12.7. The van der Waals surface area contributed by atoms with Crippen molar-refractivity contribution in [2.75, 3.05) is 13.1 Å². The van der Waals surface area contributed by atoms with Gasteiger partial charge in [-0.15, -0.1) is 11.8 Å². The van der Waals surface area contributed by atoms with Crippen molar-refractivity contribution in [1.82, 2.24) is 10.8 Å². The van der Waals surface area contributed by atoms with Crippen LogP contribution in [0.1, 0.15) is 51.4 Å². The van der Waals surface area contributed by atoms with Crippen molar-refractivity contribution in [1.29, 1.82) is 0 Å². The van der Waals surface area contributed by atoms with Crippen molar-refractivity contribution >= 4 is 27.5 Å². The maximum Gasteiger partial charge on any atom is 0.244 e. The van der Waals surface area contributed by atoms with Gasteiger partial charge in [-0.25, -0.2) is 13.9 Å². The molecule has 150 valence electrons. The van der Waals surface area contributed by atoms with E-state index in [-0.39, 0.29) is 11.3 Å². The molecule has 1 aliphatic heterocycles. The minimum atomic E-state index is -3.70. The lowest BCUT2D eigenvalue weighted by atomic mass is 9.93. The van der Waals surface area contributed by atoms with E-state index in [0.29, 0.717) is 31.2 Å². The smallest absolute Gasteiger partial charge is 0.244 e. The number of benzene rings is 1. The molecular formula is C19H28N2O4S2. The molecule has 27 heavy (non-hydrogen) atoms. The highest BCUT2D eigenvalue weighted by molar-refractivity contribution is 8.00. The van der Waals surface area contributed by atoms with E-state index < -0.39 is 20.5 Å². The zero-order chi connectivity index (χ0) is 19.3. The summed E-state index contributed by atoms with van der Waals surface area (Å²) in [5.74, 6) is -0.662. The normalized spacial score (nSPS) is 20.9. The Hall–Kier alpha value is -1.09. The highest BCUT2D eigenvalue weighted by Gasteiger charge is 2.46. The molecule has 3 rings (SSSR count). The van der Waals surface area contributed by atoms with Gasteiger partial charge >= 0.3 is 0 Å². The molecule has 2 fully saturated rings. The molecule has 0 bridgehead atoms. The van der Waals surface area contributed by atoms with Gasteiger partial charge in [-0.1, -0.05) is 19.3 Å². The van der Waals surface area contributed by atoms with Crippen molar-refractivity contribution in [2.45, 2.75) is 71.2 Å². The molecule has 1 saturated heterocycles. The van der Waals surface area contributed by atoms with Crippen LogP contribution < -0.4 is 10.8 Å². The Balaban J connectivity index is 1.80. The molecule has 1 heterocycles. The Kier molecular flexibility index (Phi) is 6.83. The minimum absolute atomic E-state index is 0.230. The van der Waals surface area contributed by atoms with E-state index >= 15 is 0 Å². The summed E-state index contributed by atoms with van der Waals surface area (Å²) in [5.41, 5.74) is 1.59.